The molecule has 0 amide bonds. The lowest BCUT2D eigenvalue weighted by Gasteiger charge is -2.07. The molecule has 0 heterocycles. The van der Waals surface area contributed by atoms with E-state index in [9.17, 15) is 9.59 Å². The van der Waals surface area contributed by atoms with Crippen molar-refractivity contribution in [3.05, 3.63) is 47.5 Å². The van der Waals surface area contributed by atoms with Crippen LogP contribution in [0.15, 0.2) is 36.4 Å². The van der Waals surface area contributed by atoms with Crippen molar-refractivity contribution in [1.82, 2.24) is 0 Å². The molecule has 2 rings (SSSR count). The molecule has 2 aromatic rings. The summed E-state index contributed by atoms with van der Waals surface area (Å²) >= 11 is 0. The van der Waals surface area contributed by atoms with E-state index in [1.54, 1.807) is 36.4 Å². The van der Waals surface area contributed by atoms with Crippen molar-refractivity contribution in [3.63, 3.8) is 0 Å². The maximum Gasteiger partial charge on any atom is 0.338 e. The zero-order valence-electron chi connectivity index (χ0n) is 14.6. The zero-order chi connectivity index (χ0) is 18.8. The standard InChI is InChI=1S/C20H24O6/c21-9-1-3-11-25-19(23)17-7-5-16-14-18(8-6-15(16)13-17)20(24)26-12-4-2-10-22/h5-8,13-14,21-22H,1-4,9-12H2. The van der Waals surface area contributed by atoms with Crippen LogP contribution >= 0.6 is 0 Å². The molecule has 0 radical (unpaired) electrons. The van der Waals surface area contributed by atoms with Crippen LogP contribution in [0.25, 0.3) is 10.8 Å². The SMILES string of the molecule is O=C(OCCCCO)c1ccc2cc(C(=O)OCCCCO)ccc2c1. The number of rotatable bonds is 10. The molecular weight excluding hydrogens is 336 g/mol. The van der Waals surface area contributed by atoms with Gasteiger partial charge in [-0.1, -0.05) is 12.1 Å². The van der Waals surface area contributed by atoms with Crippen molar-refractivity contribution >= 4 is 22.7 Å². The lowest BCUT2D eigenvalue weighted by molar-refractivity contribution is 0.0484. The van der Waals surface area contributed by atoms with Gasteiger partial charge in [0.2, 0.25) is 0 Å². The molecule has 0 spiro atoms. The minimum atomic E-state index is -0.405. The van der Waals surface area contributed by atoms with Crippen LogP contribution < -0.4 is 0 Å². The third-order valence-corrected chi connectivity index (χ3v) is 3.88. The molecule has 0 unspecified atom stereocenters. The highest BCUT2D eigenvalue weighted by Gasteiger charge is 2.11. The summed E-state index contributed by atoms with van der Waals surface area (Å²) in [5.74, 6) is -0.811. The van der Waals surface area contributed by atoms with Crippen molar-refractivity contribution in [2.24, 2.45) is 0 Å². The second-order valence-corrected chi connectivity index (χ2v) is 5.91. The normalized spacial score (nSPS) is 10.7. The Morgan fingerprint density at radius 1 is 0.692 bits per heavy atom. The topological polar surface area (TPSA) is 93.1 Å². The fraction of sp³-hybridized carbons (Fsp3) is 0.400. The number of unbranched alkanes of at least 4 members (excludes halogenated alkanes) is 2. The number of benzene rings is 2. The largest absolute Gasteiger partial charge is 0.462 e. The number of ether oxygens (including phenoxy) is 2. The number of hydrogen-bond acceptors (Lipinski definition) is 6. The maximum absolute atomic E-state index is 12.0. The summed E-state index contributed by atoms with van der Waals surface area (Å²) in [5.41, 5.74) is 0.890. The van der Waals surface area contributed by atoms with Gasteiger partial charge in [0.25, 0.3) is 0 Å². The number of carbonyl (C=O) groups excluding carboxylic acids is 2. The molecule has 0 aliphatic rings. The molecule has 140 valence electrons. The molecule has 0 bridgehead atoms. The Labute approximate surface area is 152 Å². The molecule has 6 heteroatoms. The molecule has 0 aromatic heterocycles. The number of fused-ring (bicyclic) bond motifs is 1. The summed E-state index contributed by atoms with van der Waals surface area (Å²) in [6.07, 6.45) is 2.45. The molecular formula is C20H24O6. The Balaban J connectivity index is 2.00. The van der Waals surface area contributed by atoms with E-state index in [4.69, 9.17) is 19.7 Å². The summed E-state index contributed by atoms with van der Waals surface area (Å²) in [6.45, 7) is 0.719. The quantitative estimate of drug-likeness (QED) is 0.500. The second kappa shape index (κ2) is 10.5. The fourth-order valence-corrected chi connectivity index (χ4v) is 2.42. The molecule has 2 aromatic carbocycles. The van der Waals surface area contributed by atoms with Crippen LogP contribution in [0.5, 0.6) is 0 Å². The first-order chi connectivity index (χ1) is 12.7. The number of carbonyl (C=O) groups is 2. The molecule has 26 heavy (non-hydrogen) atoms. The van der Waals surface area contributed by atoms with Crippen LogP contribution in [-0.2, 0) is 9.47 Å². The molecule has 0 saturated carbocycles. The summed E-state index contributed by atoms with van der Waals surface area (Å²) in [4.78, 5) is 24.0. The van der Waals surface area contributed by atoms with E-state index in [2.05, 4.69) is 0 Å². The first-order valence-electron chi connectivity index (χ1n) is 8.75. The van der Waals surface area contributed by atoms with E-state index < -0.39 is 11.9 Å². The monoisotopic (exact) mass is 360 g/mol. The highest BCUT2D eigenvalue weighted by molar-refractivity contribution is 5.99. The highest BCUT2D eigenvalue weighted by Crippen LogP contribution is 2.19. The van der Waals surface area contributed by atoms with E-state index in [0.29, 0.717) is 36.8 Å². The fourth-order valence-electron chi connectivity index (χ4n) is 2.42. The molecule has 6 nitrogen and oxygen atoms in total. The summed E-state index contributed by atoms with van der Waals surface area (Å²) in [7, 11) is 0. The average molecular weight is 360 g/mol. The van der Waals surface area contributed by atoms with Crippen LogP contribution in [0.3, 0.4) is 0 Å². The van der Waals surface area contributed by atoms with Crippen LogP contribution in [0.4, 0.5) is 0 Å². The summed E-state index contributed by atoms with van der Waals surface area (Å²) in [5, 5.41) is 19.1. The van der Waals surface area contributed by atoms with Gasteiger partial charge in [-0.15, -0.1) is 0 Å². The zero-order valence-corrected chi connectivity index (χ0v) is 14.6. The van der Waals surface area contributed by atoms with Crippen molar-refractivity contribution in [3.8, 4) is 0 Å². The van der Waals surface area contributed by atoms with Crippen LogP contribution in [-0.4, -0.2) is 48.6 Å². The van der Waals surface area contributed by atoms with E-state index in [1.165, 1.54) is 0 Å². The van der Waals surface area contributed by atoms with Gasteiger partial charge in [-0.3, -0.25) is 0 Å². The van der Waals surface area contributed by atoms with Gasteiger partial charge in [-0.25, -0.2) is 9.59 Å². The number of aliphatic hydroxyl groups excluding tert-OH is 2. The first-order valence-corrected chi connectivity index (χ1v) is 8.75. The average Bonchev–Trinajstić information content (AvgIpc) is 2.67. The lowest BCUT2D eigenvalue weighted by Crippen LogP contribution is -2.08. The minimum Gasteiger partial charge on any atom is -0.462 e. The Hall–Kier alpha value is -2.44. The van der Waals surface area contributed by atoms with Crippen LogP contribution in [0.1, 0.15) is 46.4 Å². The molecule has 0 fully saturated rings. The van der Waals surface area contributed by atoms with Gasteiger partial charge >= 0.3 is 11.9 Å². The van der Waals surface area contributed by atoms with Gasteiger partial charge < -0.3 is 19.7 Å². The molecule has 0 atom stereocenters. The second-order valence-electron chi connectivity index (χ2n) is 5.91. The van der Waals surface area contributed by atoms with Crippen molar-refractivity contribution < 1.29 is 29.3 Å². The Morgan fingerprint density at radius 3 is 1.50 bits per heavy atom. The van der Waals surface area contributed by atoms with E-state index in [-0.39, 0.29) is 26.4 Å². The summed E-state index contributed by atoms with van der Waals surface area (Å²) in [6, 6.07) is 10.3. The number of aliphatic hydroxyl groups is 2. The van der Waals surface area contributed by atoms with Crippen LogP contribution in [0.2, 0.25) is 0 Å². The van der Waals surface area contributed by atoms with E-state index >= 15 is 0 Å². The predicted molar refractivity (Wildman–Crippen MR) is 97.2 cm³/mol. The van der Waals surface area contributed by atoms with Crippen LogP contribution in [0, 0.1) is 0 Å². The van der Waals surface area contributed by atoms with Gasteiger partial charge in [0, 0.05) is 13.2 Å². The van der Waals surface area contributed by atoms with Gasteiger partial charge in [-0.05, 0) is 60.7 Å². The first kappa shape index (κ1) is 19.9. The molecule has 0 saturated heterocycles. The maximum atomic E-state index is 12.0. The third-order valence-electron chi connectivity index (χ3n) is 3.88. The van der Waals surface area contributed by atoms with Gasteiger partial charge in [0.15, 0.2) is 0 Å². The molecule has 0 aliphatic heterocycles. The third kappa shape index (κ3) is 5.82. The van der Waals surface area contributed by atoms with E-state index in [0.717, 1.165) is 10.8 Å². The van der Waals surface area contributed by atoms with E-state index in [1.807, 2.05) is 0 Å². The van der Waals surface area contributed by atoms with Gasteiger partial charge in [0.1, 0.15) is 0 Å². The number of esters is 2. The molecule has 0 aliphatic carbocycles. The Bertz CT molecular complexity index is 677. The minimum absolute atomic E-state index is 0.0831. The lowest BCUT2D eigenvalue weighted by atomic mass is 10.0. The van der Waals surface area contributed by atoms with Crippen molar-refractivity contribution in [2.45, 2.75) is 25.7 Å². The Morgan fingerprint density at radius 2 is 1.12 bits per heavy atom. The van der Waals surface area contributed by atoms with Crippen molar-refractivity contribution in [2.75, 3.05) is 26.4 Å². The predicted octanol–water partition coefficient (Wildman–Crippen LogP) is 2.70. The number of hydrogen-bond donors (Lipinski definition) is 2. The Kier molecular flexibility index (Phi) is 8.05. The molecule has 2 N–H and O–H groups in total. The van der Waals surface area contributed by atoms with Crippen molar-refractivity contribution in [1.29, 1.82) is 0 Å². The summed E-state index contributed by atoms with van der Waals surface area (Å²) < 4.78 is 10.3. The smallest absolute Gasteiger partial charge is 0.338 e. The van der Waals surface area contributed by atoms with Gasteiger partial charge in [0.05, 0.1) is 24.3 Å². The van der Waals surface area contributed by atoms with Gasteiger partial charge in [-0.2, -0.15) is 0 Å². The highest BCUT2D eigenvalue weighted by atomic mass is 16.5.